The van der Waals surface area contributed by atoms with E-state index < -0.39 is 29.1 Å². The van der Waals surface area contributed by atoms with Gasteiger partial charge in [0.15, 0.2) is 5.78 Å². The minimum Gasteiger partial charge on any atom is -0.492 e. The van der Waals surface area contributed by atoms with Crippen LogP contribution < -0.4 is 9.64 Å². The zero-order chi connectivity index (χ0) is 26.0. The van der Waals surface area contributed by atoms with Gasteiger partial charge in [-0.1, -0.05) is 56.3 Å². The fourth-order valence-electron chi connectivity index (χ4n) is 4.34. The average molecular weight is 490 g/mol. The largest absolute Gasteiger partial charge is 0.492 e. The van der Waals surface area contributed by atoms with Crippen LogP contribution in [0.1, 0.15) is 32.4 Å². The molecule has 188 valence electrons. The molecule has 1 aliphatic heterocycles. The van der Waals surface area contributed by atoms with Crippen molar-refractivity contribution in [2.75, 3.05) is 32.1 Å². The summed E-state index contributed by atoms with van der Waals surface area (Å²) in [5, 5.41) is 3.94. The summed E-state index contributed by atoms with van der Waals surface area (Å²) in [5.74, 6) is -2.30. The Balaban J connectivity index is 1.80. The summed E-state index contributed by atoms with van der Waals surface area (Å²) in [6.45, 7) is 6.40. The van der Waals surface area contributed by atoms with Crippen LogP contribution in [0.4, 0.5) is 5.69 Å². The lowest BCUT2D eigenvalue weighted by molar-refractivity contribution is -0.141. The van der Waals surface area contributed by atoms with Gasteiger partial charge in [0, 0.05) is 34.8 Å². The van der Waals surface area contributed by atoms with Crippen molar-refractivity contribution in [2.24, 2.45) is 11.3 Å². The van der Waals surface area contributed by atoms with Gasteiger partial charge in [-0.2, -0.15) is 0 Å². The molecule has 0 N–H and O–H groups in total. The highest BCUT2D eigenvalue weighted by Gasteiger charge is 2.54. The Morgan fingerprint density at radius 2 is 1.75 bits per heavy atom. The molecule has 8 heteroatoms. The maximum Gasteiger partial charge on any atom is 0.295 e. The highest BCUT2D eigenvalue weighted by Crippen LogP contribution is 2.45. The van der Waals surface area contributed by atoms with Gasteiger partial charge < -0.3 is 14.2 Å². The molecule has 0 spiro atoms. The second kappa shape index (κ2) is 10.1. The fourth-order valence-corrected chi connectivity index (χ4v) is 4.34. The normalized spacial score (nSPS) is 18.2. The van der Waals surface area contributed by atoms with Gasteiger partial charge >= 0.3 is 0 Å². The first-order valence-corrected chi connectivity index (χ1v) is 11.9. The van der Waals surface area contributed by atoms with E-state index in [1.807, 2.05) is 43.3 Å². The molecule has 1 aliphatic rings. The second-order valence-electron chi connectivity index (χ2n) is 10.2. The van der Waals surface area contributed by atoms with E-state index in [-0.39, 0.29) is 5.78 Å². The number of amides is 1. The van der Waals surface area contributed by atoms with Crippen molar-refractivity contribution >= 4 is 23.2 Å². The monoisotopic (exact) mass is 489 g/mol. The van der Waals surface area contributed by atoms with Gasteiger partial charge in [-0.15, -0.1) is 0 Å². The lowest BCUT2D eigenvalue weighted by Crippen LogP contribution is -2.36. The molecule has 8 nitrogen and oxygen atoms in total. The van der Waals surface area contributed by atoms with Gasteiger partial charge in [-0.3, -0.25) is 19.3 Å². The minimum atomic E-state index is -1.15. The Kier molecular flexibility index (Phi) is 7.08. The Morgan fingerprint density at radius 3 is 2.36 bits per heavy atom. The maximum atomic E-state index is 13.5. The van der Waals surface area contributed by atoms with Crippen LogP contribution in [0, 0.1) is 11.3 Å². The number of para-hydroxylation sites is 1. The molecule has 1 saturated heterocycles. The summed E-state index contributed by atoms with van der Waals surface area (Å²) in [5.41, 5.74) is 1.78. The summed E-state index contributed by atoms with van der Waals surface area (Å²) in [7, 11) is 3.90. The molecule has 1 amide bonds. The zero-order valence-electron chi connectivity index (χ0n) is 21.2. The number of anilines is 1. The van der Waals surface area contributed by atoms with Crippen molar-refractivity contribution in [2.45, 2.75) is 26.8 Å². The van der Waals surface area contributed by atoms with E-state index in [2.05, 4.69) is 5.16 Å². The summed E-state index contributed by atoms with van der Waals surface area (Å²) in [6, 6.07) is 15.3. The van der Waals surface area contributed by atoms with Gasteiger partial charge in [0.05, 0.1) is 6.04 Å². The molecule has 0 bridgehead atoms. The highest BCUT2D eigenvalue weighted by molar-refractivity contribution is 6.48. The average Bonchev–Trinajstić information content (AvgIpc) is 3.46. The van der Waals surface area contributed by atoms with Crippen LogP contribution in [0.3, 0.4) is 0 Å². The Labute approximate surface area is 210 Å². The molecule has 2 aromatic carbocycles. The van der Waals surface area contributed by atoms with Crippen LogP contribution >= 0.6 is 0 Å². The summed E-state index contributed by atoms with van der Waals surface area (Å²) in [4.78, 5) is 43.7. The predicted octanol–water partition coefficient (Wildman–Crippen LogP) is 4.17. The van der Waals surface area contributed by atoms with E-state index in [4.69, 9.17) is 9.26 Å². The highest BCUT2D eigenvalue weighted by atomic mass is 16.5. The molecular weight excluding hydrogens is 458 g/mol. The number of aromatic nitrogens is 1. The first-order chi connectivity index (χ1) is 17.1. The minimum absolute atomic E-state index is 0.282. The van der Waals surface area contributed by atoms with E-state index in [0.29, 0.717) is 35.8 Å². The molecule has 2 heterocycles. The van der Waals surface area contributed by atoms with Crippen LogP contribution in [0.5, 0.6) is 5.75 Å². The lowest BCUT2D eigenvalue weighted by Gasteiger charge is -2.31. The number of hydrogen-bond donors (Lipinski definition) is 0. The first-order valence-electron chi connectivity index (χ1n) is 11.9. The van der Waals surface area contributed by atoms with E-state index in [9.17, 15) is 14.4 Å². The van der Waals surface area contributed by atoms with E-state index >= 15 is 0 Å². The molecule has 36 heavy (non-hydrogen) atoms. The molecule has 4 rings (SSSR count). The third-order valence-corrected chi connectivity index (χ3v) is 6.24. The number of rotatable bonds is 8. The topological polar surface area (TPSA) is 93.0 Å². The standard InChI is InChI=1S/C28H31N3O5/c1-28(2,3)26(33)23-24(20-8-6-7-9-22(20)35-17-15-30(4)5)31(27(34)25(23)32)19-12-10-18(11-13-19)21-14-16-36-29-21/h6-14,16,23-24H,15,17H2,1-5H3. The second-order valence-corrected chi connectivity index (χ2v) is 10.2. The first kappa shape index (κ1) is 25.3. The van der Waals surface area contributed by atoms with Gasteiger partial charge in [0.1, 0.15) is 30.2 Å². The van der Waals surface area contributed by atoms with Crippen molar-refractivity contribution in [1.82, 2.24) is 10.1 Å². The van der Waals surface area contributed by atoms with Crippen molar-refractivity contribution in [3.05, 3.63) is 66.4 Å². The molecule has 2 unspecified atom stereocenters. The van der Waals surface area contributed by atoms with Crippen LogP contribution in [-0.2, 0) is 14.4 Å². The predicted molar refractivity (Wildman–Crippen MR) is 136 cm³/mol. The molecule has 1 aromatic heterocycles. The van der Waals surface area contributed by atoms with Crippen LogP contribution in [0.25, 0.3) is 11.3 Å². The number of Topliss-reactive ketones (excluding diaryl/α,β-unsaturated/α-hetero) is 2. The Bertz CT molecular complexity index is 1240. The SMILES string of the molecule is CN(C)CCOc1ccccc1C1C(C(=O)C(C)(C)C)C(=O)C(=O)N1c1ccc(-c2ccon2)cc1. The molecule has 0 aliphatic carbocycles. The molecule has 0 radical (unpaired) electrons. The van der Waals surface area contributed by atoms with Gasteiger partial charge in [0.2, 0.25) is 5.78 Å². The number of hydrogen-bond acceptors (Lipinski definition) is 7. The van der Waals surface area contributed by atoms with E-state index in [1.54, 1.807) is 51.1 Å². The molecule has 2 atom stereocenters. The summed E-state index contributed by atoms with van der Waals surface area (Å²) < 4.78 is 11.0. The Morgan fingerprint density at radius 1 is 1.06 bits per heavy atom. The third-order valence-electron chi connectivity index (χ3n) is 6.24. The van der Waals surface area contributed by atoms with Crippen LogP contribution in [0.2, 0.25) is 0 Å². The Hall–Kier alpha value is -3.78. The van der Waals surface area contributed by atoms with Gasteiger partial charge in [-0.05, 0) is 32.3 Å². The zero-order valence-corrected chi connectivity index (χ0v) is 21.2. The van der Waals surface area contributed by atoms with Gasteiger partial charge in [-0.25, -0.2) is 0 Å². The van der Waals surface area contributed by atoms with Crippen molar-refractivity contribution in [3.8, 4) is 17.0 Å². The number of benzene rings is 2. The molecule has 3 aromatic rings. The van der Waals surface area contributed by atoms with Gasteiger partial charge in [0.25, 0.3) is 5.91 Å². The third kappa shape index (κ3) is 4.95. The number of carbonyl (C=O) groups is 3. The van der Waals surface area contributed by atoms with E-state index in [0.717, 1.165) is 5.56 Å². The number of ketones is 2. The summed E-state index contributed by atoms with van der Waals surface area (Å²) >= 11 is 0. The number of carbonyl (C=O) groups excluding carboxylic acids is 3. The van der Waals surface area contributed by atoms with Crippen LogP contribution in [-0.4, -0.2) is 54.8 Å². The molecule has 1 fully saturated rings. The maximum absolute atomic E-state index is 13.5. The molecule has 0 saturated carbocycles. The van der Waals surface area contributed by atoms with E-state index in [1.165, 1.54) is 11.2 Å². The quantitative estimate of drug-likeness (QED) is 0.346. The fraction of sp³-hybridized carbons (Fsp3) is 0.357. The van der Waals surface area contributed by atoms with Crippen molar-refractivity contribution in [3.63, 3.8) is 0 Å². The summed E-state index contributed by atoms with van der Waals surface area (Å²) in [6.07, 6.45) is 1.48. The van der Waals surface area contributed by atoms with Crippen molar-refractivity contribution in [1.29, 1.82) is 0 Å². The smallest absolute Gasteiger partial charge is 0.295 e. The molecular formula is C28H31N3O5. The van der Waals surface area contributed by atoms with Crippen LogP contribution in [0.15, 0.2) is 65.4 Å². The lowest BCUT2D eigenvalue weighted by atomic mass is 9.77. The van der Waals surface area contributed by atoms with Crippen molar-refractivity contribution < 1.29 is 23.6 Å². The number of likely N-dealkylation sites (N-methyl/N-ethyl adjacent to an activating group) is 1. The number of nitrogens with zero attached hydrogens (tertiary/aromatic N) is 3. The number of ether oxygens (including phenoxy) is 1.